The molecule has 0 bridgehead atoms. The van der Waals surface area contributed by atoms with E-state index in [1.165, 1.54) is 6.08 Å². The van der Waals surface area contributed by atoms with Gasteiger partial charge in [-0.2, -0.15) is 0 Å². The van der Waals surface area contributed by atoms with Gasteiger partial charge in [0.25, 0.3) is 5.91 Å². The van der Waals surface area contributed by atoms with Crippen molar-refractivity contribution in [1.29, 1.82) is 0 Å². The molecule has 4 nitrogen and oxygen atoms in total. The Hall–Kier alpha value is -1.32. The number of nitrogens with two attached hydrogens (primary N) is 1. The number of rotatable bonds is 3. The molecule has 3 N–H and O–H groups in total. The van der Waals surface area contributed by atoms with Crippen LogP contribution in [0, 0.1) is 0 Å². The first-order chi connectivity index (χ1) is 5.16. The number of primary amides is 1. The summed E-state index contributed by atoms with van der Waals surface area (Å²) in [6, 6.07) is -0.823. The Balaban J connectivity index is 3.60. The van der Waals surface area contributed by atoms with E-state index in [1.54, 1.807) is 6.08 Å². The van der Waals surface area contributed by atoms with Crippen molar-refractivity contribution in [3.63, 3.8) is 0 Å². The fourth-order valence-corrected chi connectivity index (χ4v) is 0.520. The second kappa shape index (κ2) is 5.46. The number of urea groups is 1. The van der Waals surface area contributed by atoms with Crippen LogP contribution < -0.4 is 11.1 Å². The maximum absolute atomic E-state index is 10.6. The van der Waals surface area contributed by atoms with Crippen molar-refractivity contribution in [1.82, 2.24) is 5.32 Å². The van der Waals surface area contributed by atoms with Gasteiger partial charge >= 0.3 is 6.03 Å². The van der Waals surface area contributed by atoms with Crippen LogP contribution >= 0.6 is 0 Å². The van der Waals surface area contributed by atoms with Crippen LogP contribution in [0.5, 0.6) is 0 Å². The molecule has 0 spiro atoms. The second-order valence-corrected chi connectivity index (χ2v) is 2.04. The van der Waals surface area contributed by atoms with Crippen molar-refractivity contribution >= 4 is 11.9 Å². The standard InChI is InChI=1S/C7H12N2O2/c1-2-3-4-5-6(10)9-7(8)11/h4-5H,2-3H2,1H3,(H3,8,9,10,11)/b5-4+. The van der Waals surface area contributed by atoms with E-state index in [0.29, 0.717) is 0 Å². The number of allylic oxidation sites excluding steroid dienone is 1. The molecule has 0 saturated heterocycles. The van der Waals surface area contributed by atoms with Gasteiger partial charge in [0.15, 0.2) is 0 Å². The Labute approximate surface area is 65.5 Å². The van der Waals surface area contributed by atoms with Crippen LogP contribution in [-0.2, 0) is 4.79 Å². The summed E-state index contributed by atoms with van der Waals surface area (Å²) in [7, 11) is 0. The normalized spacial score (nSPS) is 9.91. The van der Waals surface area contributed by atoms with Crippen molar-refractivity contribution in [2.75, 3.05) is 0 Å². The van der Waals surface area contributed by atoms with Gasteiger partial charge in [-0.1, -0.05) is 19.4 Å². The summed E-state index contributed by atoms with van der Waals surface area (Å²) in [5.74, 6) is -0.467. The van der Waals surface area contributed by atoms with Gasteiger partial charge in [0.05, 0.1) is 0 Å². The Kier molecular flexibility index (Phi) is 4.81. The molecule has 0 atom stereocenters. The summed E-state index contributed by atoms with van der Waals surface area (Å²) < 4.78 is 0. The van der Waals surface area contributed by atoms with Crippen molar-refractivity contribution in [2.45, 2.75) is 19.8 Å². The number of imide groups is 1. The lowest BCUT2D eigenvalue weighted by molar-refractivity contribution is -0.115. The lowest BCUT2D eigenvalue weighted by Crippen LogP contribution is -2.33. The van der Waals surface area contributed by atoms with Crippen LogP contribution in [0.25, 0.3) is 0 Å². The molecule has 0 aliphatic carbocycles. The number of amides is 3. The van der Waals surface area contributed by atoms with Crippen molar-refractivity contribution in [3.8, 4) is 0 Å². The molecular formula is C7H12N2O2. The van der Waals surface area contributed by atoms with E-state index in [9.17, 15) is 9.59 Å². The van der Waals surface area contributed by atoms with Crippen molar-refractivity contribution in [2.24, 2.45) is 5.73 Å². The number of nitrogens with one attached hydrogen (secondary N) is 1. The van der Waals surface area contributed by atoms with Gasteiger partial charge in [0.1, 0.15) is 0 Å². The minimum atomic E-state index is -0.823. The first-order valence-electron chi connectivity index (χ1n) is 3.43. The first kappa shape index (κ1) is 9.68. The number of hydrogen-bond acceptors (Lipinski definition) is 2. The highest BCUT2D eigenvalue weighted by molar-refractivity contribution is 5.99. The highest BCUT2D eigenvalue weighted by Gasteiger charge is 1.96. The molecule has 0 saturated carbocycles. The number of unbranched alkanes of at least 4 members (excludes halogenated alkanes) is 1. The van der Waals surface area contributed by atoms with Crippen LogP contribution in [-0.4, -0.2) is 11.9 Å². The number of carbonyl (C=O) groups excluding carboxylic acids is 2. The van der Waals surface area contributed by atoms with Gasteiger partial charge in [-0.3, -0.25) is 10.1 Å². The Morgan fingerprint density at radius 3 is 2.64 bits per heavy atom. The van der Waals surface area contributed by atoms with E-state index >= 15 is 0 Å². The molecule has 0 aromatic rings. The van der Waals surface area contributed by atoms with Crippen molar-refractivity contribution in [3.05, 3.63) is 12.2 Å². The topological polar surface area (TPSA) is 72.2 Å². The number of carbonyl (C=O) groups is 2. The predicted octanol–water partition coefficient (Wildman–Crippen LogP) is 0.538. The van der Waals surface area contributed by atoms with Crippen LogP contribution in [0.3, 0.4) is 0 Å². The van der Waals surface area contributed by atoms with E-state index < -0.39 is 11.9 Å². The smallest absolute Gasteiger partial charge is 0.319 e. The molecular weight excluding hydrogens is 144 g/mol. The maximum atomic E-state index is 10.6. The third-order valence-electron chi connectivity index (χ3n) is 0.971. The van der Waals surface area contributed by atoms with Gasteiger partial charge in [-0.25, -0.2) is 4.79 Å². The maximum Gasteiger partial charge on any atom is 0.319 e. The summed E-state index contributed by atoms with van der Waals surface area (Å²) in [4.78, 5) is 20.7. The molecule has 0 heterocycles. The second-order valence-electron chi connectivity index (χ2n) is 2.04. The molecule has 62 valence electrons. The zero-order valence-corrected chi connectivity index (χ0v) is 6.46. The fraction of sp³-hybridized carbons (Fsp3) is 0.429. The van der Waals surface area contributed by atoms with Gasteiger partial charge < -0.3 is 5.73 Å². The predicted molar refractivity (Wildman–Crippen MR) is 41.8 cm³/mol. The summed E-state index contributed by atoms with van der Waals surface area (Å²) in [5.41, 5.74) is 4.69. The van der Waals surface area contributed by atoms with Crippen LogP contribution in [0.1, 0.15) is 19.8 Å². The van der Waals surface area contributed by atoms with Gasteiger partial charge in [0.2, 0.25) is 0 Å². The van der Waals surface area contributed by atoms with E-state index in [1.807, 2.05) is 12.2 Å². The molecule has 0 aromatic carbocycles. The quantitative estimate of drug-likeness (QED) is 0.585. The highest BCUT2D eigenvalue weighted by atomic mass is 16.2. The minimum absolute atomic E-state index is 0.467. The molecule has 0 rings (SSSR count). The third-order valence-corrected chi connectivity index (χ3v) is 0.971. The van der Waals surface area contributed by atoms with Gasteiger partial charge in [-0.15, -0.1) is 0 Å². The Morgan fingerprint density at radius 1 is 1.55 bits per heavy atom. The van der Waals surface area contributed by atoms with Crippen LogP contribution in [0.15, 0.2) is 12.2 Å². The summed E-state index contributed by atoms with van der Waals surface area (Å²) in [5, 5.41) is 1.91. The van der Waals surface area contributed by atoms with E-state index in [0.717, 1.165) is 12.8 Å². The van der Waals surface area contributed by atoms with E-state index in [4.69, 9.17) is 5.73 Å². The average molecular weight is 156 g/mol. The summed E-state index contributed by atoms with van der Waals surface area (Å²) >= 11 is 0. The first-order valence-corrected chi connectivity index (χ1v) is 3.43. The summed E-state index contributed by atoms with van der Waals surface area (Å²) in [6.45, 7) is 2.00. The molecule has 3 amide bonds. The van der Waals surface area contributed by atoms with Crippen molar-refractivity contribution < 1.29 is 9.59 Å². The average Bonchev–Trinajstić information content (AvgIpc) is 1.86. The molecule has 0 unspecified atom stereocenters. The molecule has 4 heteroatoms. The largest absolute Gasteiger partial charge is 0.351 e. The van der Waals surface area contributed by atoms with E-state index in [2.05, 4.69) is 0 Å². The van der Waals surface area contributed by atoms with Crippen LogP contribution in [0.4, 0.5) is 4.79 Å². The monoisotopic (exact) mass is 156 g/mol. The zero-order valence-electron chi connectivity index (χ0n) is 6.46. The third kappa shape index (κ3) is 6.57. The zero-order chi connectivity index (χ0) is 8.69. The Morgan fingerprint density at radius 2 is 2.18 bits per heavy atom. The Bertz CT molecular complexity index is 175. The lowest BCUT2D eigenvalue weighted by Gasteiger charge is -1.92. The molecule has 0 aromatic heterocycles. The molecule has 11 heavy (non-hydrogen) atoms. The van der Waals surface area contributed by atoms with Crippen LogP contribution in [0.2, 0.25) is 0 Å². The SMILES string of the molecule is CCC/C=C/C(=O)NC(N)=O. The highest BCUT2D eigenvalue weighted by Crippen LogP contribution is 1.87. The van der Waals surface area contributed by atoms with Gasteiger partial charge in [0, 0.05) is 0 Å². The number of hydrogen-bond donors (Lipinski definition) is 2. The van der Waals surface area contributed by atoms with E-state index in [-0.39, 0.29) is 0 Å². The summed E-state index contributed by atoms with van der Waals surface area (Å²) in [6.07, 6.45) is 4.79. The fourth-order valence-electron chi connectivity index (χ4n) is 0.520. The molecule has 0 aliphatic rings. The molecule has 0 aliphatic heterocycles. The molecule has 0 fully saturated rings. The lowest BCUT2D eigenvalue weighted by atomic mass is 10.3. The minimum Gasteiger partial charge on any atom is -0.351 e. The van der Waals surface area contributed by atoms with Gasteiger partial charge in [-0.05, 0) is 12.5 Å². The molecule has 0 radical (unpaired) electrons.